The van der Waals surface area contributed by atoms with Crippen LogP contribution in [0, 0.1) is 28.6 Å². The van der Waals surface area contributed by atoms with Crippen LogP contribution in [0.4, 0.5) is 4.39 Å². The Bertz CT molecular complexity index is 1010. The average Bonchev–Trinajstić information content (AvgIpc) is 3.05. The van der Waals surface area contributed by atoms with Crippen LogP contribution in [0.2, 0.25) is 0 Å². The number of allylic oxidation sites excluding steroid dienone is 2. The third-order valence-corrected chi connectivity index (χ3v) is 10.2. The molecule has 0 spiro atoms. The molecule has 0 unspecified atom stereocenters. The van der Waals surface area contributed by atoms with Crippen molar-refractivity contribution in [2.75, 3.05) is 6.61 Å². The minimum atomic E-state index is -1.97. The van der Waals surface area contributed by atoms with Gasteiger partial charge in [-0.3, -0.25) is 19.2 Å². The predicted molar refractivity (Wildman–Crippen MR) is 128 cm³/mol. The molecule has 0 bridgehead atoms. The van der Waals surface area contributed by atoms with Gasteiger partial charge in [0, 0.05) is 48.3 Å². The number of fused-ring (bicyclic) bond motifs is 5. The lowest BCUT2D eigenvalue weighted by Gasteiger charge is -2.63. The molecule has 0 aromatic rings. The molecule has 8 atom stereocenters. The van der Waals surface area contributed by atoms with E-state index in [1.165, 1.54) is 0 Å². The zero-order chi connectivity index (χ0) is 26.7. The van der Waals surface area contributed by atoms with E-state index in [0.717, 1.165) is 5.57 Å². The number of esters is 2. The zero-order valence-corrected chi connectivity index (χ0v) is 22.0. The van der Waals surface area contributed by atoms with Gasteiger partial charge in [0.25, 0.3) is 0 Å². The van der Waals surface area contributed by atoms with E-state index < -0.39 is 64.4 Å². The topological polar surface area (TPSA) is 107 Å². The summed E-state index contributed by atoms with van der Waals surface area (Å²) >= 11 is 0. The van der Waals surface area contributed by atoms with Gasteiger partial charge in [-0.25, -0.2) is 4.39 Å². The molecule has 7 nitrogen and oxygen atoms in total. The quantitative estimate of drug-likeness (QED) is 0.428. The molecule has 0 radical (unpaired) electrons. The summed E-state index contributed by atoms with van der Waals surface area (Å²) in [7, 11) is 0. The lowest BCUT2D eigenvalue weighted by molar-refractivity contribution is -0.231. The summed E-state index contributed by atoms with van der Waals surface area (Å²) in [5.74, 6) is -2.96. The second-order valence-corrected chi connectivity index (χ2v) is 11.8. The fraction of sp³-hybridized carbons (Fsp3) is 0.786. The molecular formula is C28H39FO7. The van der Waals surface area contributed by atoms with Crippen LogP contribution < -0.4 is 0 Å². The lowest BCUT2D eigenvalue weighted by atomic mass is 9.44. The van der Waals surface area contributed by atoms with Crippen molar-refractivity contribution in [1.29, 1.82) is 0 Å². The van der Waals surface area contributed by atoms with E-state index >= 15 is 4.39 Å². The predicted octanol–water partition coefficient (Wildman–Crippen LogP) is 4.04. The van der Waals surface area contributed by atoms with E-state index in [1.54, 1.807) is 13.8 Å². The molecule has 4 rings (SSSR count). The molecule has 3 fully saturated rings. The summed E-state index contributed by atoms with van der Waals surface area (Å²) < 4.78 is 28.6. The van der Waals surface area contributed by atoms with E-state index in [4.69, 9.17) is 9.47 Å². The Morgan fingerprint density at radius 2 is 1.81 bits per heavy atom. The number of aliphatic hydroxyl groups is 1. The molecule has 0 amide bonds. The zero-order valence-electron chi connectivity index (χ0n) is 22.0. The first-order chi connectivity index (χ1) is 16.8. The fourth-order valence-corrected chi connectivity index (χ4v) is 8.28. The SMILES string of the molecule is CCC(=O)OCC(=O)[C@@]1(OC(=O)CC)[C@@H](C)C[C@H]2[C@@H]3CC=C4CC(=O)CC[C@]4(C)[C@@]3(F)[C@@H](O)C[C@@]21C. The number of ketones is 2. The van der Waals surface area contributed by atoms with Crippen LogP contribution >= 0.6 is 0 Å². The molecule has 0 aliphatic heterocycles. The van der Waals surface area contributed by atoms with Crippen LogP contribution in [0.15, 0.2) is 11.6 Å². The first-order valence-corrected chi connectivity index (χ1v) is 13.3. The number of rotatable bonds is 6. The summed E-state index contributed by atoms with van der Waals surface area (Å²) in [6.45, 7) is 8.18. The van der Waals surface area contributed by atoms with E-state index in [9.17, 15) is 24.3 Å². The average molecular weight is 507 g/mol. The smallest absolute Gasteiger partial charge is 0.306 e. The maximum absolute atomic E-state index is 17.4. The molecule has 1 N–H and O–H groups in total. The summed E-state index contributed by atoms with van der Waals surface area (Å²) in [6.07, 6.45) is 2.22. The molecule has 0 heterocycles. The van der Waals surface area contributed by atoms with Crippen molar-refractivity contribution in [1.82, 2.24) is 0 Å². The van der Waals surface area contributed by atoms with Gasteiger partial charge in [0.1, 0.15) is 11.5 Å². The van der Waals surface area contributed by atoms with Gasteiger partial charge in [0.2, 0.25) is 5.78 Å². The van der Waals surface area contributed by atoms with Crippen LogP contribution in [-0.2, 0) is 28.7 Å². The number of hydrogen-bond donors (Lipinski definition) is 1. The molecule has 200 valence electrons. The van der Waals surface area contributed by atoms with E-state index in [1.807, 2.05) is 26.8 Å². The Kier molecular flexibility index (Phi) is 6.76. The Labute approximate surface area is 212 Å². The molecule has 4 aliphatic rings. The van der Waals surface area contributed by atoms with Crippen LogP contribution in [0.3, 0.4) is 0 Å². The van der Waals surface area contributed by atoms with Gasteiger partial charge >= 0.3 is 11.9 Å². The Morgan fingerprint density at radius 1 is 1.14 bits per heavy atom. The van der Waals surface area contributed by atoms with Crippen molar-refractivity contribution in [3.05, 3.63) is 11.6 Å². The van der Waals surface area contributed by atoms with Gasteiger partial charge in [0.05, 0.1) is 6.10 Å². The van der Waals surface area contributed by atoms with Crippen molar-refractivity contribution in [3.8, 4) is 0 Å². The largest absolute Gasteiger partial charge is 0.457 e. The first kappa shape index (κ1) is 27.0. The second kappa shape index (κ2) is 9.03. The van der Waals surface area contributed by atoms with E-state index in [2.05, 4.69) is 0 Å². The van der Waals surface area contributed by atoms with Crippen LogP contribution in [-0.4, -0.2) is 52.6 Å². The van der Waals surface area contributed by atoms with Gasteiger partial charge in [-0.2, -0.15) is 0 Å². The molecule has 4 aliphatic carbocycles. The second-order valence-electron chi connectivity index (χ2n) is 11.8. The Balaban J connectivity index is 1.80. The van der Waals surface area contributed by atoms with Gasteiger partial charge in [-0.15, -0.1) is 0 Å². The van der Waals surface area contributed by atoms with Crippen LogP contribution in [0.25, 0.3) is 0 Å². The van der Waals surface area contributed by atoms with Crippen LogP contribution in [0.1, 0.15) is 86.0 Å². The van der Waals surface area contributed by atoms with Crippen molar-refractivity contribution in [2.24, 2.45) is 28.6 Å². The highest BCUT2D eigenvalue weighted by atomic mass is 19.1. The normalized spacial score (nSPS) is 43.5. The molecule has 0 saturated heterocycles. The maximum atomic E-state index is 17.4. The monoisotopic (exact) mass is 506 g/mol. The highest BCUT2D eigenvalue weighted by Gasteiger charge is 2.77. The molecule has 8 heteroatoms. The summed E-state index contributed by atoms with van der Waals surface area (Å²) in [5, 5.41) is 11.6. The minimum Gasteiger partial charge on any atom is -0.457 e. The Morgan fingerprint density at radius 3 is 2.44 bits per heavy atom. The van der Waals surface area contributed by atoms with Gasteiger partial charge in [-0.1, -0.05) is 46.3 Å². The van der Waals surface area contributed by atoms with E-state index in [0.29, 0.717) is 19.3 Å². The van der Waals surface area contributed by atoms with Gasteiger partial charge < -0.3 is 14.6 Å². The number of ether oxygens (including phenoxy) is 2. The number of Topliss-reactive ketones (excluding diaryl/α,β-unsaturated/α-hetero) is 2. The molecule has 0 aromatic carbocycles. The van der Waals surface area contributed by atoms with Crippen molar-refractivity contribution >= 4 is 23.5 Å². The van der Waals surface area contributed by atoms with Crippen molar-refractivity contribution in [2.45, 2.75) is 103 Å². The molecule has 0 aromatic heterocycles. The Hall–Kier alpha value is -2.09. The number of halogens is 1. The van der Waals surface area contributed by atoms with Crippen LogP contribution in [0.5, 0.6) is 0 Å². The molecular weight excluding hydrogens is 467 g/mol. The third kappa shape index (κ3) is 3.46. The maximum Gasteiger partial charge on any atom is 0.306 e. The van der Waals surface area contributed by atoms with Gasteiger partial charge in [-0.05, 0) is 31.6 Å². The molecule has 36 heavy (non-hydrogen) atoms. The fourth-order valence-electron chi connectivity index (χ4n) is 8.28. The molecule has 3 saturated carbocycles. The van der Waals surface area contributed by atoms with Crippen molar-refractivity contribution in [3.63, 3.8) is 0 Å². The number of aliphatic hydroxyl groups excluding tert-OH is 1. The first-order valence-electron chi connectivity index (χ1n) is 13.3. The van der Waals surface area contributed by atoms with Crippen molar-refractivity contribution < 1.29 is 38.1 Å². The van der Waals surface area contributed by atoms with Gasteiger partial charge in [0.15, 0.2) is 12.2 Å². The minimum absolute atomic E-state index is 0.0501. The summed E-state index contributed by atoms with van der Waals surface area (Å²) in [6, 6.07) is 0. The number of alkyl halides is 1. The number of carbonyl (C=O) groups is 4. The lowest BCUT2D eigenvalue weighted by Crippen LogP contribution is -2.70. The van der Waals surface area contributed by atoms with E-state index in [-0.39, 0.29) is 43.8 Å². The highest BCUT2D eigenvalue weighted by Crippen LogP contribution is 2.71. The third-order valence-electron chi connectivity index (χ3n) is 10.2. The number of hydrogen-bond acceptors (Lipinski definition) is 7. The standard InChI is InChI=1S/C28H39FO7/c1-6-23(33)35-15-22(32)28(36-24(34)7-2)16(3)12-20-19-9-8-17-13-18(30)10-11-25(17,4)27(19,29)21(31)14-26(20,28)5/h8,16,19-21,31H,6-7,9-15H2,1-5H3/t16-,19-,20-,21-,25-,26-,27-,28-/m0/s1. The summed E-state index contributed by atoms with van der Waals surface area (Å²) in [5.41, 5.74) is -4.88. The summed E-state index contributed by atoms with van der Waals surface area (Å²) in [4.78, 5) is 50.5. The number of carbonyl (C=O) groups excluding carboxylic acids is 4. The highest BCUT2D eigenvalue weighted by molar-refractivity contribution is 5.93.